The van der Waals surface area contributed by atoms with Crippen LogP contribution in [0.3, 0.4) is 0 Å². The average Bonchev–Trinajstić information content (AvgIpc) is 3.41. The molecule has 2 aromatic carbocycles. The summed E-state index contributed by atoms with van der Waals surface area (Å²) < 4.78 is 1.79. The average molecular weight is 478 g/mol. The minimum absolute atomic E-state index is 0.188. The lowest BCUT2D eigenvalue weighted by Crippen LogP contribution is -2.55. The smallest absolute Gasteiger partial charge is 0.273 e. The summed E-state index contributed by atoms with van der Waals surface area (Å²) in [5, 5.41) is 21.7. The van der Waals surface area contributed by atoms with Crippen molar-refractivity contribution in [2.45, 2.75) is 64.6 Å². The first-order valence-electron chi connectivity index (χ1n) is 12.2. The summed E-state index contributed by atoms with van der Waals surface area (Å²) in [6.45, 7) is 6.38. The molecule has 8 heteroatoms. The van der Waals surface area contributed by atoms with Gasteiger partial charge < -0.3 is 21.5 Å². The maximum absolute atomic E-state index is 13.4. The van der Waals surface area contributed by atoms with Crippen molar-refractivity contribution in [2.24, 2.45) is 5.41 Å². The Kier molecular flexibility index (Phi) is 6.85. The van der Waals surface area contributed by atoms with E-state index in [4.69, 9.17) is 5.73 Å². The van der Waals surface area contributed by atoms with Crippen molar-refractivity contribution < 1.29 is 14.7 Å². The topological polar surface area (TPSA) is 122 Å². The maximum Gasteiger partial charge on any atom is 0.273 e. The lowest BCUT2D eigenvalue weighted by molar-refractivity contribution is -0.126. The number of nitrogen functional groups attached to an aromatic ring is 1. The highest BCUT2D eigenvalue weighted by molar-refractivity contribution is 6.06. The molecule has 0 unspecified atom stereocenters. The van der Waals surface area contributed by atoms with Gasteiger partial charge in [0.05, 0.1) is 17.7 Å². The number of hydrogen-bond donors (Lipinski definition) is 4. The van der Waals surface area contributed by atoms with Crippen LogP contribution in [0.5, 0.6) is 0 Å². The van der Waals surface area contributed by atoms with E-state index in [0.29, 0.717) is 30.5 Å². The van der Waals surface area contributed by atoms with Crippen LogP contribution in [-0.4, -0.2) is 44.9 Å². The van der Waals surface area contributed by atoms with Crippen molar-refractivity contribution in [1.82, 2.24) is 20.4 Å². The number of nitrogens with two attached hydrogens (primary N) is 1. The zero-order valence-corrected chi connectivity index (χ0v) is 20.7. The number of nitrogens with one attached hydrogen (secondary N) is 2. The fraction of sp³-hybridized carbons (Fsp3) is 0.444. The number of amides is 2. The molecule has 1 aliphatic carbocycles. The number of benzene rings is 2. The first-order valence-corrected chi connectivity index (χ1v) is 12.2. The second-order valence-corrected chi connectivity index (χ2v) is 10.7. The Bertz CT molecular complexity index is 1200. The van der Waals surface area contributed by atoms with E-state index in [1.165, 1.54) is 0 Å². The molecule has 1 saturated carbocycles. The van der Waals surface area contributed by atoms with E-state index >= 15 is 0 Å². The molecule has 2 amide bonds. The van der Waals surface area contributed by atoms with E-state index in [2.05, 4.69) is 15.7 Å². The molecule has 5 N–H and O–H groups in total. The third-order valence-corrected chi connectivity index (χ3v) is 6.71. The van der Waals surface area contributed by atoms with Gasteiger partial charge in [-0.3, -0.25) is 14.3 Å². The van der Waals surface area contributed by atoms with Gasteiger partial charge in [0.15, 0.2) is 5.69 Å². The molecule has 186 valence electrons. The van der Waals surface area contributed by atoms with Crippen molar-refractivity contribution in [2.75, 3.05) is 12.3 Å². The molecule has 0 radical (unpaired) electrons. The maximum atomic E-state index is 13.4. The fourth-order valence-corrected chi connectivity index (χ4v) is 4.65. The van der Waals surface area contributed by atoms with E-state index in [0.717, 1.165) is 23.9 Å². The Hall–Kier alpha value is -3.39. The molecule has 8 nitrogen and oxygen atoms in total. The van der Waals surface area contributed by atoms with Crippen molar-refractivity contribution in [3.05, 3.63) is 59.8 Å². The number of nitrogens with zero attached hydrogens (tertiary/aromatic N) is 2. The number of para-hydroxylation sites is 1. The van der Waals surface area contributed by atoms with E-state index in [1.807, 2.05) is 69.3 Å². The summed E-state index contributed by atoms with van der Waals surface area (Å²) in [5.41, 5.74) is 7.19. The molecular formula is C27H35N5O3. The first-order chi connectivity index (χ1) is 16.6. The summed E-state index contributed by atoms with van der Waals surface area (Å²) in [5.74, 6) is -0.719. The molecule has 1 atom stereocenters. The molecule has 0 aliphatic heterocycles. The molecular weight excluding hydrogens is 442 g/mol. The lowest BCUT2D eigenvalue weighted by atomic mass is 9.85. The number of anilines is 1. The minimum atomic E-state index is -0.862. The monoisotopic (exact) mass is 477 g/mol. The Morgan fingerprint density at radius 1 is 1.11 bits per heavy atom. The lowest BCUT2D eigenvalue weighted by Gasteiger charge is -2.31. The van der Waals surface area contributed by atoms with Gasteiger partial charge in [-0.2, -0.15) is 5.10 Å². The summed E-state index contributed by atoms with van der Waals surface area (Å²) in [7, 11) is 0. The van der Waals surface area contributed by atoms with Gasteiger partial charge in [-0.05, 0) is 42.0 Å². The predicted octanol–water partition coefficient (Wildman–Crippen LogP) is 3.23. The van der Waals surface area contributed by atoms with Gasteiger partial charge in [0.1, 0.15) is 6.04 Å². The summed E-state index contributed by atoms with van der Waals surface area (Å²) >= 11 is 0. The number of hydrogen-bond acceptors (Lipinski definition) is 5. The molecule has 0 saturated heterocycles. The number of carbonyl (C=O) groups excluding carboxylic acids is 2. The van der Waals surface area contributed by atoms with Crippen LogP contribution in [0.1, 0.15) is 62.5 Å². The SMILES string of the molecule is CC(C)(C)[C@H](NC(=O)c1nn(Cc2ccc(N)cc2)c2ccccc12)C(=O)NCC1(O)CCCC1. The van der Waals surface area contributed by atoms with Gasteiger partial charge in [0.2, 0.25) is 5.91 Å². The van der Waals surface area contributed by atoms with Gasteiger partial charge in [-0.25, -0.2) is 0 Å². The van der Waals surface area contributed by atoms with Crippen LogP contribution in [0.2, 0.25) is 0 Å². The molecule has 1 aliphatic rings. The zero-order chi connectivity index (χ0) is 25.2. The Balaban J connectivity index is 1.56. The molecule has 4 rings (SSSR count). The highest BCUT2D eigenvalue weighted by Crippen LogP contribution is 2.29. The van der Waals surface area contributed by atoms with Crippen molar-refractivity contribution in [3.8, 4) is 0 Å². The Morgan fingerprint density at radius 2 is 1.77 bits per heavy atom. The van der Waals surface area contributed by atoms with E-state index in [-0.39, 0.29) is 18.1 Å². The van der Waals surface area contributed by atoms with Crippen LogP contribution in [-0.2, 0) is 11.3 Å². The van der Waals surface area contributed by atoms with Gasteiger partial charge >= 0.3 is 0 Å². The van der Waals surface area contributed by atoms with Gasteiger partial charge in [-0.1, -0.05) is 63.9 Å². The molecule has 1 heterocycles. The van der Waals surface area contributed by atoms with Crippen LogP contribution in [0.4, 0.5) is 5.69 Å². The predicted molar refractivity (Wildman–Crippen MR) is 137 cm³/mol. The number of aromatic nitrogens is 2. The molecule has 35 heavy (non-hydrogen) atoms. The van der Waals surface area contributed by atoms with Crippen LogP contribution in [0.25, 0.3) is 10.9 Å². The van der Waals surface area contributed by atoms with Crippen LogP contribution in [0, 0.1) is 5.41 Å². The number of carbonyl (C=O) groups is 2. The largest absolute Gasteiger partial charge is 0.399 e. The summed E-state index contributed by atoms with van der Waals surface area (Å²) in [4.78, 5) is 26.5. The highest BCUT2D eigenvalue weighted by atomic mass is 16.3. The first kappa shape index (κ1) is 24.7. The molecule has 3 aromatic rings. The number of rotatable bonds is 7. The van der Waals surface area contributed by atoms with Crippen LogP contribution >= 0.6 is 0 Å². The third kappa shape index (κ3) is 5.65. The highest BCUT2D eigenvalue weighted by Gasteiger charge is 2.37. The normalized spacial score (nSPS) is 16.2. The molecule has 0 spiro atoms. The van der Waals surface area contributed by atoms with Crippen LogP contribution in [0.15, 0.2) is 48.5 Å². The molecule has 1 aromatic heterocycles. The van der Waals surface area contributed by atoms with Crippen molar-refractivity contribution in [1.29, 1.82) is 0 Å². The molecule has 1 fully saturated rings. The van der Waals surface area contributed by atoms with Crippen LogP contribution < -0.4 is 16.4 Å². The van der Waals surface area contributed by atoms with Gasteiger partial charge in [0.25, 0.3) is 5.91 Å². The number of aliphatic hydroxyl groups is 1. The van der Waals surface area contributed by atoms with E-state index < -0.39 is 23.0 Å². The zero-order valence-electron chi connectivity index (χ0n) is 20.7. The third-order valence-electron chi connectivity index (χ3n) is 6.71. The van der Waals surface area contributed by atoms with E-state index in [9.17, 15) is 14.7 Å². The van der Waals surface area contributed by atoms with E-state index in [1.54, 1.807) is 4.68 Å². The fourth-order valence-electron chi connectivity index (χ4n) is 4.65. The second kappa shape index (κ2) is 9.70. The minimum Gasteiger partial charge on any atom is -0.399 e. The van der Waals surface area contributed by atoms with Crippen molar-refractivity contribution in [3.63, 3.8) is 0 Å². The quantitative estimate of drug-likeness (QED) is 0.389. The van der Waals surface area contributed by atoms with Crippen molar-refractivity contribution >= 4 is 28.4 Å². The standard InChI is InChI=1S/C27H35N5O3/c1-26(2,3)23(25(34)29-17-27(35)14-6-7-15-27)30-24(33)22-20-8-4-5-9-21(20)32(31-22)16-18-10-12-19(28)13-11-18/h4-5,8-13,23,35H,6-7,14-17,28H2,1-3H3,(H,29,34)(H,30,33)/t23-/m1/s1. The second-order valence-electron chi connectivity index (χ2n) is 10.7. The van der Waals surface area contributed by atoms with Gasteiger partial charge in [0, 0.05) is 17.6 Å². The Labute approximate surface area is 205 Å². The van der Waals surface area contributed by atoms with Gasteiger partial charge in [-0.15, -0.1) is 0 Å². The number of fused-ring (bicyclic) bond motifs is 1. The summed E-state index contributed by atoms with van der Waals surface area (Å²) in [6.07, 6.45) is 3.27. The Morgan fingerprint density at radius 3 is 2.43 bits per heavy atom. The molecule has 0 bridgehead atoms. The summed E-state index contributed by atoms with van der Waals surface area (Å²) in [6, 6.07) is 14.3.